The van der Waals surface area contributed by atoms with Crippen LogP contribution in [-0.2, 0) is 19.1 Å². The Morgan fingerprint density at radius 3 is 2.50 bits per heavy atom. The number of hydrogen-bond donors (Lipinski definition) is 1. The lowest BCUT2D eigenvalue weighted by atomic mass is 9.78. The number of nitrogens with one attached hydrogen (secondary N) is 1. The first-order valence-electron chi connectivity index (χ1n) is 11.1. The van der Waals surface area contributed by atoms with Crippen LogP contribution in [0.2, 0.25) is 0 Å². The van der Waals surface area contributed by atoms with E-state index in [1.807, 2.05) is 19.1 Å². The van der Waals surface area contributed by atoms with Crippen LogP contribution in [0.3, 0.4) is 0 Å². The molecule has 2 aliphatic rings. The first kappa shape index (κ1) is 24.6. The van der Waals surface area contributed by atoms with Crippen molar-refractivity contribution in [2.45, 2.75) is 13.3 Å². The summed E-state index contributed by atoms with van der Waals surface area (Å²) >= 11 is 0. The van der Waals surface area contributed by atoms with Crippen LogP contribution in [0.5, 0.6) is 5.75 Å². The van der Waals surface area contributed by atoms with Gasteiger partial charge in [0.15, 0.2) is 6.61 Å². The van der Waals surface area contributed by atoms with Gasteiger partial charge >= 0.3 is 5.97 Å². The minimum atomic E-state index is -0.817. The molecule has 11 heteroatoms. The number of fused-ring (bicyclic) bond motifs is 1. The second-order valence-electron chi connectivity index (χ2n) is 8.48. The third-order valence-electron chi connectivity index (χ3n) is 6.24. The van der Waals surface area contributed by atoms with E-state index in [0.717, 1.165) is 4.90 Å². The van der Waals surface area contributed by atoms with Crippen molar-refractivity contribution in [2.24, 2.45) is 17.8 Å². The summed E-state index contributed by atoms with van der Waals surface area (Å²) in [6, 6.07) is 9.59. The predicted octanol–water partition coefficient (Wildman–Crippen LogP) is 3.10. The maximum Gasteiger partial charge on any atom is 0.338 e. The molecule has 0 unspecified atom stereocenters. The van der Waals surface area contributed by atoms with Gasteiger partial charge in [0, 0.05) is 12.1 Å². The minimum Gasteiger partial charge on any atom is -0.497 e. The smallest absolute Gasteiger partial charge is 0.338 e. The molecule has 0 spiro atoms. The van der Waals surface area contributed by atoms with Crippen LogP contribution in [0, 0.1) is 27.9 Å². The number of amides is 3. The Balaban J connectivity index is 1.38. The van der Waals surface area contributed by atoms with Gasteiger partial charge in [-0.15, -0.1) is 0 Å². The van der Waals surface area contributed by atoms with Crippen LogP contribution in [0.1, 0.15) is 23.7 Å². The number of anilines is 2. The summed E-state index contributed by atoms with van der Waals surface area (Å²) in [7, 11) is 1.38. The van der Waals surface area contributed by atoms with Gasteiger partial charge in [0.1, 0.15) is 11.4 Å². The summed E-state index contributed by atoms with van der Waals surface area (Å²) in [6.07, 6.45) is 4.38. The van der Waals surface area contributed by atoms with Gasteiger partial charge in [-0.1, -0.05) is 19.1 Å². The topological polar surface area (TPSA) is 145 Å². The standard InChI is InChI=1S/C25H23N3O8/c1-14-4-3-5-18-22(14)24(31)27(23(18)30)16-8-6-15(7-9-16)25(32)36-13-21(29)26-19-12-17(35-2)10-11-20(19)28(33)34/h3-4,6-12,14,18,22H,5,13H2,1-2H3,(H,26,29)/t14-,18-,22-/m1/s1. The largest absolute Gasteiger partial charge is 0.497 e. The number of imide groups is 1. The highest BCUT2D eigenvalue weighted by molar-refractivity contribution is 6.22. The van der Waals surface area contributed by atoms with Gasteiger partial charge in [0.2, 0.25) is 11.8 Å². The molecule has 1 fully saturated rings. The van der Waals surface area contributed by atoms with E-state index in [2.05, 4.69) is 5.32 Å². The van der Waals surface area contributed by atoms with E-state index in [1.54, 1.807) is 0 Å². The lowest BCUT2D eigenvalue weighted by molar-refractivity contribution is -0.383. The van der Waals surface area contributed by atoms with Crippen molar-refractivity contribution < 1.29 is 33.6 Å². The van der Waals surface area contributed by atoms with Gasteiger partial charge in [-0.2, -0.15) is 0 Å². The van der Waals surface area contributed by atoms with Gasteiger partial charge in [-0.25, -0.2) is 4.79 Å². The third-order valence-corrected chi connectivity index (χ3v) is 6.24. The number of benzene rings is 2. The van der Waals surface area contributed by atoms with Crippen molar-refractivity contribution >= 4 is 40.8 Å². The molecule has 1 aliphatic heterocycles. The van der Waals surface area contributed by atoms with Crippen LogP contribution in [0.25, 0.3) is 0 Å². The molecular weight excluding hydrogens is 470 g/mol. The lowest BCUT2D eigenvalue weighted by Crippen LogP contribution is -2.31. The maximum atomic E-state index is 12.9. The van der Waals surface area contributed by atoms with E-state index >= 15 is 0 Å². The first-order valence-corrected chi connectivity index (χ1v) is 11.1. The van der Waals surface area contributed by atoms with E-state index in [9.17, 15) is 29.3 Å². The summed E-state index contributed by atoms with van der Waals surface area (Å²) in [4.78, 5) is 62.0. The molecule has 0 radical (unpaired) electrons. The number of esters is 1. The Morgan fingerprint density at radius 1 is 1.14 bits per heavy atom. The number of rotatable bonds is 7. The second-order valence-corrected chi connectivity index (χ2v) is 8.48. The molecule has 11 nitrogen and oxygen atoms in total. The Kier molecular flexibility index (Phi) is 6.82. The average Bonchev–Trinajstić information content (AvgIpc) is 3.13. The zero-order chi connectivity index (χ0) is 26.0. The normalized spacial score (nSPS) is 20.6. The molecule has 1 heterocycles. The molecule has 3 amide bonds. The highest BCUT2D eigenvalue weighted by Gasteiger charge is 2.50. The molecule has 186 valence electrons. The van der Waals surface area contributed by atoms with Crippen molar-refractivity contribution in [3.05, 3.63) is 70.3 Å². The lowest BCUT2D eigenvalue weighted by Gasteiger charge is -2.22. The number of methoxy groups -OCH3 is 1. The van der Waals surface area contributed by atoms with E-state index in [1.165, 1.54) is 49.6 Å². The Labute approximate surface area is 205 Å². The number of carbonyl (C=O) groups is 4. The molecular formula is C25H23N3O8. The van der Waals surface area contributed by atoms with Gasteiger partial charge in [-0.05, 0) is 42.7 Å². The number of ether oxygens (including phenoxy) is 2. The molecule has 36 heavy (non-hydrogen) atoms. The molecule has 0 saturated carbocycles. The van der Waals surface area contributed by atoms with Crippen molar-refractivity contribution in [2.75, 3.05) is 23.9 Å². The third kappa shape index (κ3) is 4.67. The molecule has 3 atom stereocenters. The quantitative estimate of drug-likeness (QED) is 0.204. The number of allylic oxidation sites excluding steroid dienone is 2. The van der Waals surface area contributed by atoms with Crippen LogP contribution >= 0.6 is 0 Å². The monoisotopic (exact) mass is 493 g/mol. The number of hydrogen-bond acceptors (Lipinski definition) is 8. The van der Waals surface area contributed by atoms with E-state index in [4.69, 9.17) is 9.47 Å². The number of nitrogens with zero attached hydrogens (tertiary/aromatic N) is 2. The average molecular weight is 493 g/mol. The summed E-state index contributed by atoms with van der Waals surface area (Å²) < 4.78 is 10.0. The first-order chi connectivity index (χ1) is 17.2. The molecule has 2 aromatic rings. The van der Waals surface area contributed by atoms with Gasteiger partial charge in [0.25, 0.3) is 11.6 Å². The van der Waals surface area contributed by atoms with Crippen LogP contribution in [-0.4, -0.2) is 42.3 Å². The minimum absolute atomic E-state index is 0.0380. The van der Waals surface area contributed by atoms with Crippen molar-refractivity contribution in [3.8, 4) is 5.75 Å². The molecule has 1 aliphatic carbocycles. The second kappa shape index (κ2) is 9.98. The Morgan fingerprint density at radius 2 is 1.86 bits per heavy atom. The van der Waals surface area contributed by atoms with Crippen molar-refractivity contribution in [1.82, 2.24) is 0 Å². The fourth-order valence-corrected chi connectivity index (χ4v) is 4.45. The zero-order valence-corrected chi connectivity index (χ0v) is 19.5. The summed E-state index contributed by atoms with van der Waals surface area (Å²) in [5.74, 6) is -2.65. The molecule has 1 N–H and O–H groups in total. The summed E-state index contributed by atoms with van der Waals surface area (Å²) in [6.45, 7) is 1.22. The Hall–Kier alpha value is -4.54. The maximum absolute atomic E-state index is 12.9. The Bertz CT molecular complexity index is 1270. The predicted molar refractivity (Wildman–Crippen MR) is 127 cm³/mol. The van der Waals surface area contributed by atoms with E-state index in [0.29, 0.717) is 17.9 Å². The van der Waals surface area contributed by atoms with E-state index < -0.39 is 29.3 Å². The van der Waals surface area contributed by atoms with Crippen LogP contribution in [0.15, 0.2) is 54.6 Å². The van der Waals surface area contributed by atoms with Gasteiger partial charge in [-0.3, -0.25) is 29.4 Å². The van der Waals surface area contributed by atoms with Crippen molar-refractivity contribution in [3.63, 3.8) is 0 Å². The molecule has 0 aromatic heterocycles. The molecule has 1 saturated heterocycles. The number of carbonyl (C=O) groups excluding carboxylic acids is 4. The number of nitro groups is 1. The zero-order valence-electron chi connectivity index (χ0n) is 19.5. The summed E-state index contributed by atoms with van der Waals surface area (Å²) in [5, 5.41) is 13.5. The number of nitro benzene ring substituents is 1. The highest BCUT2D eigenvalue weighted by atomic mass is 16.6. The van der Waals surface area contributed by atoms with Gasteiger partial charge in [0.05, 0.1) is 35.1 Å². The van der Waals surface area contributed by atoms with Crippen LogP contribution in [0.4, 0.5) is 17.1 Å². The van der Waals surface area contributed by atoms with E-state index in [-0.39, 0.29) is 40.6 Å². The SMILES string of the molecule is COc1ccc([N+](=O)[O-])c(NC(=O)COC(=O)c2ccc(N3C(=O)[C@@H]4[C@H](C)C=CC[C@H]4C3=O)cc2)c1. The fraction of sp³-hybridized carbons (Fsp3) is 0.280. The molecule has 2 aromatic carbocycles. The summed E-state index contributed by atoms with van der Waals surface area (Å²) in [5.41, 5.74) is 0.00793. The highest BCUT2D eigenvalue weighted by Crippen LogP contribution is 2.40. The fourth-order valence-electron chi connectivity index (χ4n) is 4.45. The van der Waals surface area contributed by atoms with Crippen LogP contribution < -0.4 is 15.0 Å². The van der Waals surface area contributed by atoms with Gasteiger partial charge < -0.3 is 14.8 Å². The van der Waals surface area contributed by atoms with Crippen molar-refractivity contribution in [1.29, 1.82) is 0 Å². The molecule has 0 bridgehead atoms. The molecule has 4 rings (SSSR count).